The number of halogens is 1. The molecule has 0 spiro atoms. The predicted octanol–water partition coefficient (Wildman–Crippen LogP) is 2.91. The van der Waals surface area contributed by atoms with Crippen LogP contribution in [0.3, 0.4) is 0 Å². The van der Waals surface area contributed by atoms with Crippen molar-refractivity contribution in [1.29, 1.82) is 0 Å². The van der Waals surface area contributed by atoms with Crippen molar-refractivity contribution in [2.75, 3.05) is 45.4 Å². The van der Waals surface area contributed by atoms with Crippen LogP contribution in [0.1, 0.15) is 26.9 Å². The molecule has 0 heterocycles. The van der Waals surface area contributed by atoms with Crippen molar-refractivity contribution in [3.8, 4) is 11.5 Å². The molecule has 0 radical (unpaired) electrons. The molecule has 176 valence electrons. The first-order chi connectivity index (χ1) is 15.3. The van der Waals surface area contributed by atoms with Crippen molar-refractivity contribution in [2.24, 2.45) is 5.73 Å². The fourth-order valence-corrected chi connectivity index (χ4v) is 3.56. The van der Waals surface area contributed by atoms with E-state index in [-0.39, 0.29) is 12.2 Å². The smallest absolute Gasteiger partial charge is 0.259 e. The molecule has 0 aliphatic heterocycles. The van der Waals surface area contributed by atoms with Gasteiger partial charge in [0.25, 0.3) is 17.2 Å². The second-order valence-electron chi connectivity index (χ2n) is 6.63. The number of alkyl halides is 1. The van der Waals surface area contributed by atoms with E-state index >= 15 is 0 Å². The van der Waals surface area contributed by atoms with Gasteiger partial charge in [-0.15, -0.1) is 11.6 Å². The van der Waals surface area contributed by atoms with Crippen molar-refractivity contribution >= 4 is 34.5 Å². The first-order valence-corrected chi connectivity index (χ1v) is 11.2. The highest BCUT2D eigenvalue weighted by molar-refractivity contribution is 7.80. The number of carbonyl (C=O) groups is 1. The molecule has 32 heavy (non-hydrogen) atoms. The van der Waals surface area contributed by atoms with E-state index in [9.17, 15) is 13.6 Å². The molecule has 0 saturated heterocycles. The van der Waals surface area contributed by atoms with Gasteiger partial charge >= 0.3 is 0 Å². The van der Waals surface area contributed by atoms with E-state index in [2.05, 4.69) is 4.72 Å². The molecule has 0 bridgehead atoms. The molecular formula is C21H27ClN2O7S. The lowest BCUT2D eigenvalue weighted by atomic mass is 10.0. The summed E-state index contributed by atoms with van der Waals surface area (Å²) in [6.45, 7) is 1.52. The number of hydrogen-bond donors (Lipinski definition) is 3. The van der Waals surface area contributed by atoms with Gasteiger partial charge in [-0.25, -0.2) is 4.21 Å². The lowest BCUT2D eigenvalue weighted by Crippen LogP contribution is -2.13. The number of hydrogen-bond acceptors (Lipinski definition) is 6. The summed E-state index contributed by atoms with van der Waals surface area (Å²) in [5, 5.41) is -0.483. The number of amides is 1. The maximum absolute atomic E-state index is 11.7. The van der Waals surface area contributed by atoms with E-state index in [4.69, 9.17) is 36.3 Å². The van der Waals surface area contributed by atoms with Crippen LogP contribution >= 0.6 is 11.6 Å². The minimum atomic E-state index is -2.30. The summed E-state index contributed by atoms with van der Waals surface area (Å²) in [5.74, 6) is 0.173. The average molecular weight is 487 g/mol. The Morgan fingerprint density at radius 3 is 2.50 bits per heavy atom. The van der Waals surface area contributed by atoms with Crippen LogP contribution in [0, 0.1) is 0 Å². The Labute approximate surface area is 194 Å². The van der Waals surface area contributed by atoms with Gasteiger partial charge in [-0.05, 0) is 41.8 Å². The lowest BCUT2D eigenvalue weighted by Gasteiger charge is -2.16. The van der Waals surface area contributed by atoms with E-state index in [1.54, 1.807) is 43.5 Å². The second kappa shape index (κ2) is 13.2. The average Bonchev–Trinajstić information content (AvgIpc) is 2.76. The summed E-state index contributed by atoms with van der Waals surface area (Å²) in [4.78, 5) is 11.7. The lowest BCUT2D eigenvalue weighted by molar-refractivity contribution is 0.0545. The highest BCUT2D eigenvalue weighted by atomic mass is 35.5. The topological polar surface area (TPSA) is 129 Å². The monoisotopic (exact) mass is 486 g/mol. The minimum Gasteiger partial charge on any atom is -0.496 e. The van der Waals surface area contributed by atoms with E-state index in [1.165, 1.54) is 7.11 Å². The molecule has 2 aromatic rings. The third-order valence-corrected chi connectivity index (χ3v) is 5.22. The van der Waals surface area contributed by atoms with Crippen LogP contribution in [0.25, 0.3) is 0 Å². The standard InChI is InChI=1S/C21H27ClN2O7S/c1-28-7-8-30-9-10-31-20-6-4-15(13-18(20)24-32(26)27)17(22)12-14-3-5-19(29-2)16(11-14)21(23)25/h3-6,11,13,17,24H,7-10,12H2,1-2H3,(H2,23,25)(H,26,27). The molecule has 2 aromatic carbocycles. The molecule has 9 nitrogen and oxygen atoms in total. The van der Waals surface area contributed by atoms with Crippen LogP contribution in [-0.2, 0) is 27.2 Å². The van der Waals surface area contributed by atoms with Crippen molar-refractivity contribution in [3.05, 3.63) is 53.1 Å². The number of primary amides is 1. The quantitative estimate of drug-likeness (QED) is 0.212. The van der Waals surface area contributed by atoms with Gasteiger partial charge < -0.3 is 24.7 Å². The zero-order chi connectivity index (χ0) is 23.5. The van der Waals surface area contributed by atoms with Gasteiger partial charge in [-0.3, -0.25) is 14.1 Å². The Balaban J connectivity index is 2.12. The maximum atomic E-state index is 11.7. The summed E-state index contributed by atoms with van der Waals surface area (Å²) in [6, 6.07) is 10.2. The Bertz CT molecular complexity index is 929. The zero-order valence-corrected chi connectivity index (χ0v) is 19.4. The number of methoxy groups -OCH3 is 2. The summed E-state index contributed by atoms with van der Waals surface area (Å²) < 4.78 is 44.1. The summed E-state index contributed by atoms with van der Waals surface area (Å²) in [5.41, 5.74) is 7.48. The van der Waals surface area contributed by atoms with Crippen LogP contribution < -0.4 is 19.9 Å². The maximum Gasteiger partial charge on any atom is 0.259 e. The van der Waals surface area contributed by atoms with Crippen molar-refractivity contribution in [3.63, 3.8) is 0 Å². The zero-order valence-electron chi connectivity index (χ0n) is 17.8. The molecular weight excluding hydrogens is 460 g/mol. The third kappa shape index (κ3) is 7.95. The Morgan fingerprint density at radius 2 is 1.84 bits per heavy atom. The van der Waals surface area contributed by atoms with Crippen LogP contribution in [0.4, 0.5) is 5.69 Å². The van der Waals surface area contributed by atoms with Gasteiger partial charge in [0, 0.05) is 7.11 Å². The van der Waals surface area contributed by atoms with Gasteiger partial charge in [0.15, 0.2) is 0 Å². The van der Waals surface area contributed by atoms with Crippen molar-refractivity contribution in [2.45, 2.75) is 11.8 Å². The minimum absolute atomic E-state index is 0.252. The Morgan fingerprint density at radius 1 is 1.12 bits per heavy atom. The van der Waals surface area contributed by atoms with Crippen LogP contribution in [-0.4, -0.2) is 55.3 Å². The second-order valence-corrected chi connectivity index (χ2v) is 7.86. The third-order valence-electron chi connectivity index (χ3n) is 4.42. The predicted molar refractivity (Wildman–Crippen MR) is 123 cm³/mol. The molecule has 11 heteroatoms. The molecule has 4 N–H and O–H groups in total. The van der Waals surface area contributed by atoms with Crippen molar-refractivity contribution < 1.29 is 32.5 Å². The first-order valence-electron chi connectivity index (χ1n) is 9.67. The largest absolute Gasteiger partial charge is 0.496 e. The molecule has 0 fully saturated rings. The highest BCUT2D eigenvalue weighted by Crippen LogP contribution is 2.33. The van der Waals surface area contributed by atoms with Crippen LogP contribution in [0.2, 0.25) is 0 Å². The summed E-state index contributed by atoms with van der Waals surface area (Å²) >= 11 is 4.30. The molecule has 2 rings (SSSR count). The summed E-state index contributed by atoms with van der Waals surface area (Å²) in [7, 11) is 3.05. The van der Waals surface area contributed by atoms with E-state index < -0.39 is 22.6 Å². The van der Waals surface area contributed by atoms with E-state index in [0.29, 0.717) is 49.0 Å². The molecule has 0 aliphatic rings. The fraction of sp³-hybridized carbons (Fsp3) is 0.381. The normalized spacial score (nSPS) is 12.8. The molecule has 0 aliphatic carbocycles. The Hall–Kier alpha value is -2.37. The number of rotatable bonds is 14. The molecule has 2 atom stereocenters. The SMILES string of the molecule is COCCOCCOc1ccc(C(Cl)Cc2ccc(OC)c(C(N)=O)c2)cc1NS(=O)O. The van der Waals surface area contributed by atoms with Gasteiger partial charge in [-0.1, -0.05) is 12.1 Å². The fourth-order valence-electron chi connectivity index (χ4n) is 2.90. The number of carbonyl (C=O) groups excluding carboxylic acids is 1. The molecule has 0 saturated carbocycles. The van der Waals surface area contributed by atoms with Gasteiger partial charge in [0.05, 0.1) is 43.6 Å². The number of nitrogens with two attached hydrogens (primary N) is 1. The van der Waals surface area contributed by atoms with Crippen molar-refractivity contribution in [1.82, 2.24) is 0 Å². The highest BCUT2D eigenvalue weighted by Gasteiger charge is 2.16. The van der Waals surface area contributed by atoms with E-state index in [0.717, 1.165) is 5.56 Å². The van der Waals surface area contributed by atoms with Gasteiger partial charge in [-0.2, -0.15) is 0 Å². The number of nitrogens with one attached hydrogen (secondary N) is 1. The van der Waals surface area contributed by atoms with Gasteiger partial charge in [0.1, 0.15) is 18.1 Å². The first kappa shape index (κ1) is 25.9. The van der Waals surface area contributed by atoms with Crippen LogP contribution in [0.5, 0.6) is 11.5 Å². The summed E-state index contributed by atoms with van der Waals surface area (Å²) in [6.07, 6.45) is 0.390. The van der Waals surface area contributed by atoms with Gasteiger partial charge in [0.2, 0.25) is 0 Å². The molecule has 2 unspecified atom stereocenters. The molecule has 0 aromatic heterocycles. The number of ether oxygens (including phenoxy) is 4. The number of benzene rings is 2. The number of anilines is 1. The Kier molecular flexibility index (Phi) is 10.7. The van der Waals surface area contributed by atoms with Crippen LogP contribution in [0.15, 0.2) is 36.4 Å². The molecule has 1 amide bonds. The van der Waals surface area contributed by atoms with E-state index in [1.807, 2.05) is 0 Å².